The van der Waals surface area contributed by atoms with Gasteiger partial charge in [0.25, 0.3) is 5.92 Å². The highest BCUT2D eigenvalue weighted by atomic mass is 19.3. The van der Waals surface area contributed by atoms with E-state index in [2.05, 4.69) is 21.2 Å². The average molecular weight is 371 g/mol. The van der Waals surface area contributed by atoms with Crippen LogP contribution in [0.5, 0.6) is 6.01 Å². The van der Waals surface area contributed by atoms with Crippen molar-refractivity contribution in [1.82, 2.24) is 9.97 Å². The molecule has 2 heterocycles. The van der Waals surface area contributed by atoms with Gasteiger partial charge < -0.3 is 25.0 Å². The molecule has 2 rings (SSSR count). The van der Waals surface area contributed by atoms with Gasteiger partial charge in [0.05, 0.1) is 13.2 Å². The van der Waals surface area contributed by atoms with Crippen LogP contribution in [0, 0.1) is 12.3 Å². The van der Waals surface area contributed by atoms with Gasteiger partial charge in [0.1, 0.15) is 29.8 Å². The highest BCUT2D eigenvalue weighted by Gasteiger charge is 2.38. The third kappa shape index (κ3) is 4.43. The Morgan fingerprint density at radius 2 is 2.27 bits per heavy atom. The van der Waals surface area contributed by atoms with Gasteiger partial charge >= 0.3 is 6.01 Å². The van der Waals surface area contributed by atoms with Gasteiger partial charge in [-0.25, -0.2) is 0 Å². The first kappa shape index (κ1) is 20.0. The van der Waals surface area contributed by atoms with Crippen molar-refractivity contribution in [2.75, 3.05) is 25.1 Å². The number of carbonyl (C=O) groups is 1. The molecule has 1 saturated heterocycles. The van der Waals surface area contributed by atoms with Crippen LogP contribution in [0.25, 0.3) is 0 Å². The summed E-state index contributed by atoms with van der Waals surface area (Å²) >= 11 is 0. The molecule has 1 aliphatic heterocycles. The van der Waals surface area contributed by atoms with Crippen LogP contribution >= 0.6 is 0 Å². The van der Waals surface area contributed by atoms with E-state index in [-0.39, 0.29) is 25.0 Å². The standard InChI is InChI=1S/C16H19F2N3O5/c1-3-5-25-15-20-11(16(17,18)4-2)6-12(21-15)19-9-8-26-10(7-22)14(24)13(9)23/h1,6,9-10,14,22,24H,4-5,7-8H2,2H3,(H,19,20,21)/t9-,10+,14-/m0/s1. The SMILES string of the molecule is C#CCOc1nc(N[C@H]2CO[C@H](CO)[C@H](O)C2=O)cc(C(F)(F)CC)n1. The summed E-state index contributed by atoms with van der Waals surface area (Å²) in [6, 6.07) is -0.412. The number of nitrogens with one attached hydrogen (secondary N) is 1. The van der Waals surface area contributed by atoms with Gasteiger partial charge in [0, 0.05) is 12.5 Å². The maximum absolute atomic E-state index is 14.0. The Bertz CT molecular complexity index is 695. The van der Waals surface area contributed by atoms with Gasteiger partial charge in [-0.3, -0.25) is 4.79 Å². The minimum absolute atomic E-state index is 0.105. The molecule has 1 fully saturated rings. The van der Waals surface area contributed by atoms with E-state index in [0.717, 1.165) is 6.07 Å². The Labute approximate surface area is 148 Å². The lowest BCUT2D eigenvalue weighted by atomic mass is 10.0. The number of aromatic nitrogens is 2. The molecule has 0 amide bonds. The van der Waals surface area contributed by atoms with Gasteiger partial charge in [0.2, 0.25) is 0 Å². The molecule has 0 unspecified atom stereocenters. The summed E-state index contributed by atoms with van der Waals surface area (Å²) in [5, 5.41) is 21.5. The third-order valence-corrected chi connectivity index (χ3v) is 3.78. The monoisotopic (exact) mass is 371 g/mol. The zero-order chi connectivity index (χ0) is 19.3. The van der Waals surface area contributed by atoms with Crippen molar-refractivity contribution in [3.63, 3.8) is 0 Å². The van der Waals surface area contributed by atoms with E-state index in [4.69, 9.17) is 21.0 Å². The third-order valence-electron chi connectivity index (χ3n) is 3.78. The minimum atomic E-state index is -3.23. The Balaban J connectivity index is 2.26. The zero-order valence-corrected chi connectivity index (χ0v) is 14.0. The van der Waals surface area contributed by atoms with Gasteiger partial charge in [-0.05, 0) is 0 Å². The molecule has 8 nitrogen and oxygen atoms in total. The summed E-state index contributed by atoms with van der Waals surface area (Å²) in [6.45, 7) is 0.374. The lowest BCUT2D eigenvalue weighted by molar-refractivity contribution is -0.152. The Hall–Kier alpha value is -2.35. The maximum atomic E-state index is 14.0. The molecular weight excluding hydrogens is 352 g/mol. The molecule has 0 bridgehead atoms. The predicted octanol–water partition coefficient (Wildman–Crippen LogP) is 0.0920. The second kappa shape index (κ2) is 8.35. The number of rotatable bonds is 7. The van der Waals surface area contributed by atoms with E-state index in [9.17, 15) is 18.7 Å². The number of ketones is 1. The summed E-state index contributed by atoms with van der Waals surface area (Å²) in [6.07, 6.45) is 2.00. The molecule has 0 saturated carbocycles. The number of hydrogen-bond acceptors (Lipinski definition) is 8. The van der Waals surface area contributed by atoms with Crippen LogP contribution in [0.1, 0.15) is 19.0 Å². The molecule has 0 spiro atoms. The largest absolute Gasteiger partial charge is 0.450 e. The fourth-order valence-electron chi connectivity index (χ4n) is 2.26. The molecule has 1 aromatic heterocycles. The fourth-order valence-corrected chi connectivity index (χ4v) is 2.26. The topological polar surface area (TPSA) is 114 Å². The lowest BCUT2D eigenvalue weighted by Gasteiger charge is -2.31. The van der Waals surface area contributed by atoms with Crippen molar-refractivity contribution < 1.29 is 33.3 Å². The van der Waals surface area contributed by atoms with Crippen LogP contribution in [0.4, 0.5) is 14.6 Å². The van der Waals surface area contributed by atoms with Gasteiger partial charge in [-0.2, -0.15) is 18.7 Å². The molecule has 1 aromatic rings. The number of aliphatic hydroxyl groups is 2. The van der Waals surface area contributed by atoms with Gasteiger partial charge in [0.15, 0.2) is 12.4 Å². The molecule has 142 valence electrons. The predicted molar refractivity (Wildman–Crippen MR) is 85.8 cm³/mol. The number of Topliss-reactive ketones (excluding diaryl/α,β-unsaturated/α-hetero) is 1. The van der Waals surface area contributed by atoms with Crippen molar-refractivity contribution in [2.45, 2.75) is 37.5 Å². The number of nitrogens with zero attached hydrogens (tertiary/aromatic N) is 2. The van der Waals surface area contributed by atoms with E-state index >= 15 is 0 Å². The average Bonchev–Trinajstić information content (AvgIpc) is 2.64. The second-order valence-corrected chi connectivity index (χ2v) is 5.57. The Kier molecular flexibility index (Phi) is 6.42. The fraction of sp³-hybridized carbons (Fsp3) is 0.562. The van der Waals surface area contributed by atoms with Crippen molar-refractivity contribution in [2.24, 2.45) is 0 Å². The number of anilines is 1. The first-order valence-electron chi connectivity index (χ1n) is 7.86. The van der Waals surface area contributed by atoms with Crippen molar-refractivity contribution in [3.05, 3.63) is 11.8 Å². The number of alkyl halides is 2. The van der Waals surface area contributed by atoms with E-state index in [1.807, 2.05) is 0 Å². The molecule has 3 N–H and O–H groups in total. The van der Waals surface area contributed by atoms with Crippen LogP contribution in [0.2, 0.25) is 0 Å². The van der Waals surface area contributed by atoms with E-state index in [1.165, 1.54) is 6.92 Å². The zero-order valence-electron chi connectivity index (χ0n) is 14.0. The summed E-state index contributed by atoms with van der Waals surface area (Å²) in [7, 11) is 0. The number of aliphatic hydroxyl groups excluding tert-OH is 2. The highest BCUT2D eigenvalue weighted by Crippen LogP contribution is 2.32. The lowest BCUT2D eigenvalue weighted by Crippen LogP contribution is -2.54. The van der Waals surface area contributed by atoms with E-state index in [0.29, 0.717) is 0 Å². The van der Waals surface area contributed by atoms with Crippen LogP contribution in [-0.4, -0.2) is 64.0 Å². The second-order valence-electron chi connectivity index (χ2n) is 5.57. The van der Waals surface area contributed by atoms with Gasteiger partial charge in [-0.1, -0.05) is 12.8 Å². The number of halogens is 2. The quantitative estimate of drug-likeness (QED) is 0.578. The summed E-state index contributed by atoms with van der Waals surface area (Å²) in [5.74, 6) is -1.82. The molecule has 26 heavy (non-hydrogen) atoms. The van der Waals surface area contributed by atoms with E-state index in [1.54, 1.807) is 0 Å². The van der Waals surface area contributed by atoms with Gasteiger partial charge in [-0.15, -0.1) is 6.42 Å². The summed E-state index contributed by atoms with van der Waals surface area (Å²) in [5.41, 5.74) is -0.595. The smallest absolute Gasteiger partial charge is 0.319 e. The Morgan fingerprint density at radius 1 is 1.54 bits per heavy atom. The molecule has 0 aliphatic carbocycles. The van der Waals surface area contributed by atoms with Crippen LogP contribution in [0.15, 0.2) is 6.07 Å². The first-order valence-corrected chi connectivity index (χ1v) is 7.86. The number of terminal acetylenes is 1. The van der Waals surface area contributed by atoms with E-state index < -0.39 is 48.7 Å². The molecule has 10 heteroatoms. The first-order chi connectivity index (χ1) is 12.3. The van der Waals surface area contributed by atoms with Crippen LogP contribution < -0.4 is 10.1 Å². The maximum Gasteiger partial charge on any atom is 0.319 e. The highest BCUT2D eigenvalue weighted by molar-refractivity contribution is 5.91. The van der Waals surface area contributed by atoms with Crippen molar-refractivity contribution in [1.29, 1.82) is 0 Å². The normalized spacial score (nSPS) is 23.4. The van der Waals surface area contributed by atoms with Crippen LogP contribution in [-0.2, 0) is 15.5 Å². The molecule has 0 aromatic carbocycles. The number of ether oxygens (including phenoxy) is 2. The summed E-state index contributed by atoms with van der Waals surface area (Å²) in [4.78, 5) is 19.7. The van der Waals surface area contributed by atoms with Crippen molar-refractivity contribution in [3.8, 4) is 18.4 Å². The molecular formula is C16H19F2N3O5. The molecule has 1 aliphatic rings. The number of hydrogen-bond donors (Lipinski definition) is 3. The molecule has 0 radical (unpaired) electrons. The number of carbonyl (C=O) groups excluding carboxylic acids is 1. The van der Waals surface area contributed by atoms with Crippen LogP contribution in [0.3, 0.4) is 0 Å². The molecule has 3 atom stereocenters. The Morgan fingerprint density at radius 3 is 2.88 bits per heavy atom. The van der Waals surface area contributed by atoms with Crippen molar-refractivity contribution >= 4 is 11.6 Å². The minimum Gasteiger partial charge on any atom is -0.450 e. The summed E-state index contributed by atoms with van der Waals surface area (Å²) < 4.78 is 38.2.